The van der Waals surface area contributed by atoms with Gasteiger partial charge in [-0.1, -0.05) is 24.2 Å². The third-order valence-electron chi connectivity index (χ3n) is 5.90. The molecule has 27 heavy (non-hydrogen) atoms. The Morgan fingerprint density at radius 1 is 1.30 bits per heavy atom. The van der Waals surface area contributed by atoms with Gasteiger partial charge in [0.2, 0.25) is 17.6 Å². The molecule has 2 aliphatic rings. The summed E-state index contributed by atoms with van der Waals surface area (Å²) in [5, 5.41) is 4.05. The van der Waals surface area contributed by atoms with Crippen molar-refractivity contribution in [2.45, 2.75) is 51.4 Å². The van der Waals surface area contributed by atoms with Crippen LogP contribution in [0.5, 0.6) is 0 Å². The van der Waals surface area contributed by atoms with Crippen LogP contribution >= 0.6 is 0 Å². The zero-order valence-corrected chi connectivity index (χ0v) is 15.9. The smallest absolute Gasteiger partial charge is 0.226 e. The number of aromatic nitrogens is 2. The lowest BCUT2D eigenvalue weighted by molar-refractivity contribution is -0.136. The fourth-order valence-corrected chi connectivity index (χ4v) is 4.26. The van der Waals surface area contributed by atoms with Gasteiger partial charge in [-0.3, -0.25) is 9.59 Å². The number of likely N-dealkylation sites (tertiary alicyclic amines) is 1. The lowest BCUT2D eigenvalue weighted by atomic mass is 9.86. The molecular formula is C21H25N3O3. The zero-order chi connectivity index (χ0) is 19.0. The molecule has 1 aliphatic carbocycles. The maximum absolute atomic E-state index is 12.8. The van der Waals surface area contributed by atoms with Crippen LogP contribution in [0.2, 0.25) is 0 Å². The normalized spacial score (nSPS) is 22.1. The average Bonchev–Trinajstić information content (AvgIpc) is 3.30. The number of ketones is 1. The number of Topliss-reactive ketones (excluding diaryl/α,β-unsaturated/α-hetero) is 1. The largest absolute Gasteiger partial charge is 0.345 e. The van der Waals surface area contributed by atoms with Crippen molar-refractivity contribution in [1.82, 2.24) is 15.0 Å². The molecule has 2 atom stereocenters. The van der Waals surface area contributed by atoms with Crippen LogP contribution < -0.4 is 0 Å². The van der Waals surface area contributed by atoms with Crippen LogP contribution in [-0.4, -0.2) is 40.3 Å². The fourth-order valence-electron chi connectivity index (χ4n) is 4.26. The van der Waals surface area contributed by atoms with E-state index in [1.54, 1.807) is 11.9 Å². The van der Waals surface area contributed by atoms with Crippen LogP contribution in [0.4, 0.5) is 0 Å². The van der Waals surface area contributed by atoms with Crippen LogP contribution in [0.25, 0.3) is 11.4 Å². The minimum absolute atomic E-state index is 0.0113. The van der Waals surface area contributed by atoms with E-state index >= 15 is 0 Å². The Labute approximate surface area is 158 Å². The molecule has 2 heterocycles. The molecular weight excluding hydrogens is 342 g/mol. The van der Waals surface area contributed by atoms with Crippen LogP contribution in [0.1, 0.15) is 55.5 Å². The molecule has 1 amide bonds. The van der Waals surface area contributed by atoms with Crippen molar-refractivity contribution in [3.05, 3.63) is 35.2 Å². The quantitative estimate of drug-likeness (QED) is 0.811. The first kappa shape index (κ1) is 17.9. The predicted molar refractivity (Wildman–Crippen MR) is 100 cm³/mol. The molecule has 142 valence electrons. The number of piperidine rings is 1. The van der Waals surface area contributed by atoms with Gasteiger partial charge in [-0.2, -0.15) is 4.98 Å². The summed E-state index contributed by atoms with van der Waals surface area (Å²) in [7, 11) is 1.79. The fraction of sp³-hybridized carbons (Fsp3) is 0.524. The van der Waals surface area contributed by atoms with Crippen molar-refractivity contribution in [2.75, 3.05) is 13.6 Å². The van der Waals surface area contributed by atoms with Gasteiger partial charge in [0.15, 0.2) is 0 Å². The van der Waals surface area contributed by atoms with E-state index in [-0.39, 0.29) is 17.7 Å². The number of hydrogen-bond acceptors (Lipinski definition) is 5. The van der Waals surface area contributed by atoms with E-state index in [4.69, 9.17) is 4.52 Å². The van der Waals surface area contributed by atoms with Gasteiger partial charge in [-0.15, -0.1) is 0 Å². The lowest BCUT2D eigenvalue weighted by Crippen LogP contribution is -2.40. The first-order valence-electron chi connectivity index (χ1n) is 9.77. The van der Waals surface area contributed by atoms with Gasteiger partial charge in [0, 0.05) is 44.3 Å². The number of amides is 1. The van der Waals surface area contributed by atoms with Crippen LogP contribution in [0, 0.1) is 5.92 Å². The monoisotopic (exact) mass is 367 g/mol. The molecule has 1 saturated heterocycles. The molecule has 6 nitrogen and oxygen atoms in total. The highest BCUT2D eigenvalue weighted by Crippen LogP contribution is 2.38. The summed E-state index contributed by atoms with van der Waals surface area (Å²) in [5.41, 5.74) is 3.52. The van der Waals surface area contributed by atoms with E-state index in [0.29, 0.717) is 43.3 Å². The van der Waals surface area contributed by atoms with E-state index in [1.807, 2.05) is 13.0 Å². The molecule has 2 aromatic rings. The summed E-state index contributed by atoms with van der Waals surface area (Å²) in [6.45, 7) is 2.55. The highest BCUT2D eigenvalue weighted by atomic mass is 16.5. The second-order valence-electron chi connectivity index (χ2n) is 7.69. The third kappa shape index (κ3) is 3.53. The number of carbonyl (C=O) groups is 2. The second kappa shape index (κ2) is 7.25. The average molecular weight is 367 g/mol. The minimum atomic E-state index is -0.0113. The second-order valence-corrected chi connectivity index (χ2v) is 7.69. The van der Waals surface area contributed by atoms with Gasteiger partial charge < -0.3 is 9.42 Å². The van der Waals surface area contributed by atoms with Crippen LogP contribution in [0.15, 0.2) is 22.7 Å². The highest BCUT2D eigenvalue weighted by Gasteiger charge is 2.32. The highest BCUT2D eigenvalue weighted by molar-refractivity contribution is 5.85. The van der Waals surface area contributed by atoms with Gasteiger partial charge >= 0.3 is 0 Å². The molecule has 1 aromatic heterocycles. The van der Waals surface area contributed by atoms with E-state index in [2.05, 4.69) is 22.3 Å². The molecule has 0 bridgehead atoms. The third-order valence-corrected chi connectivity index (χ3v) is 5.90. The van der Waals surface area contributed by atoms with Crippen molar-refractivity contribution in [2.24, 2.45) is 5.92 Å². The molecule has 4 rings (SSSR count). The number of aryl methyl sites for hydroxylation is 2. The van der Waals surface area contributed by atoms with Gasteiger partial charge in [0.1, 0.15) is 5.78 Å². The Morgan fingerprint density at radius 3 is 2.89 bits per heavy atom. The topological polar surface area (TPSA) is 76.3 Å². The Hall–Kier alpha value is -2.50. The van der Waals surface area contributed by atoms with Gasteiger partial charge in [-0.25, -0.2) is 0 Å². The summed E-state index contributed by atoms with van der Waals surface area (Å²) in [5.74, 6) is 1.98. The summed E-state index contributed by atoms with van der Waals surface area (Å²) >= 11 is 0. The maximum atomic E-state index is 12.8. The summed E-state index contributed by atoms with van der Waals surface area (Å²) in [6.07, 6.45) is 4.45. The lowest BCUT2D eigenvalue weighted by Gasteiger charge is -2.29. The molecule has 0 spiro atoms. The predicted octanol–water partition coefficient (Wildman–Crippen LogP) is 3.16. The van der Waals surface area contributed by atoms with Gasteiger partial charge in [-0.05, 0) is 42.4 Å². The number of benzene rings is 1. The molecule has 0 saturated carbocycles. The molecule has 1 aromatic carbocycles. The summed E-state index contributed by atoms with van der Waals surface area (Å²) in [6, 6.07) is 6.28. The van der Waals surface area contributed by atoms with Crippen LogP contribution in [0.3, 0.4) is 0 Å². The number of carbonyl (C=O) groups excluding carboxylic acids is 2. The first-order chi connectivity index (χ1) is 13.0. The minimum Gasteiger partial charge on any atom is -0.345 e. The van der Waals surface area contributed by atoms with Crippen LogP contribution in [-0.2, 0) is 22.4 Å². The van der Waals surface area contributed by atoms with Gasteiger partial charge in [0.05, 0.1) is 0 Å². The molecule has 1 fully saturated rings. The number of hydrogen-bond donors (Lipinski definition) is 0. The number of nitrogens with zero attached hydrogens (tertiary/aromatic N) is 3. The Morgan fingerprint density at radius 2 is 2.15 bits per heavy atom. The maximum Gasteiger partial charge on any atom is 0.226 e. The summed E-state index contributed by atoms with van der Waals surface area (Å²) in [4.78, 5) is 30.5. The molecule has 1 aliphatic heterocycles. The standard InChI is InChI=1S/C21H25N3O3/c1-3-19-22-21(23-27-19)15-6-8-17-13(10-15)4-5-14(17)11-18(25)16-7-9-20(26)24(2)12-16/h6,8,10,14,16H,3-5,7,9,11-12H2,1-2H3/t14-,16?/m0/s1. The van der Waals surface area contributed by atoms with Crippen molar-refractivity contribution >= 4 is 11.7 Å². The van der Waals surface area contributed by atoms with E-state index in [1.165, 1.54) is 11.1 Å². The van der Waals surface area contributed by atoms with Crippen molar-refractivity contribution < 1.29 is 14.1 Å². The molecule has 1 unspecified atom stereocenters. The van der Waals surface area contributed by atoms with E-state index in [0.717, 1.165) is 24.8 Å². The summed E-state index contributed by atoms with van der Waals surface area (Å²) < 4.78 is 5.21. The Kier molecular flexibility index (Phi) is 4.81. The number of rotatable bonds is 5. The van der Waals surface area contributed by atoms with Crippen molar-refractivity contribution in [3.8, 4) is 11.4 Å². The van der Waals surface area contributed by atoms with Gasteiger partial charge in [0.25, 0.3) is 0 Å². The molecule has 6 heteroatoms. The molecule has 0 N–H and O–H groups in total. The van der Waals surface area contributed by atoms with Crippen molar-refractivity contribution in [3.63, 3.8) is 0 Å². The van der Waals surface area contributed by atoms with Crippen molar-refractivity contribution in [1.29, 1.82) is 0 Å². The van der Waals surface area contributed by atoms with E-state index in [9.17, 15) is 9.59 Å². The Balaban J connectivity index is 1.46. The molecule has 0 radical (unpaired) electrons. The number of fused-ring (bicyclic) bond motifs is 1. The first-order valence-corrected chi connectivity index (χ1v) is 9.77. The Bertz CT molecular complexity index is 873. The zero-order valence-electron chi connectivity index (χ0n) is 15.9. The SMILES string of the molecule is CCc1nc(-c2ccc3c(c2)CC[C@H]3CC(=O)C2CCC(=O)N(C)C2)no1. The van der Waals surface area contributed by atoms with E-state index < -0.39 is 0 Å².